The zero-order chi connectivity index (χ0) is 28.0. The zero-order valence-electron chi connectivity index (χ0n) is 25.2. The SMILES string of the molecule is CCc1ccccc1S(=O)(=O)NC(=O)CC[C@@H](C)[C@H]1CCC2C3C[C@H](CC)[C@@H]4CCCC[C@]4(C)C3CC[C@@]21C. The van der Waals surface area contributed by atoms with Crippen LogP contribution >= 0.6 is 0 Å². The number of aryl methyl sites for hydroxylation is 1. The van der Waals surface area contributed by atoms with E-state index < -0.39 is 10.0 Å². The molecule has 1 N–H and O–H groups in total. The lowest BCUT2D eigenvalue weighted by molar-refractivity contribution is -0.138. The van der Waals surface area contributed by atoms with Gasteiger partial charge in [-0.05, 0) is 122 Å². The minimum absolute atomic E-state index is 0.226. The molecule has 1 aromatic rings. The number of rotatable bonds is 8. The van der Waals surface area contributed by atoms with E-state index in [2.05, 4.69) is 32.4 Å². The van der Waals surface area contributed by atoms with Gasteiger partial charge >= 0.3 is 0 Å². The van der Waals surface area contributed by atoms with Crippen LogP contribution in [-0.4, -0.2) is 14.3 Å². The Kier molecular flexibility index (Phi) is 8.32. The molecule has 4 nitrogen and oxygen atoms in total. The van der Waals surface area contributed by atoms with Gasteiger partial charge in [0.15, 0.2) is 0 Å². The van der Waals surface area contributed by atoms with Crippen LogP contribution in [0.2, 0.25) is 0 Å². The van der Waals surface area contributed by atoms with Gasteiger partial charge in [0, 0.05) is 6.42 Å². The van der Waals surface area contributed by atoms with Gasteiger partial charge in [0.2, 0.25) is 5.91 Å². The van der Waals surface area contributed by atoms with Crippen molar-refractivity contribution in [2.75, 3.05) is 0 Å². The van der Waals surface area contributed by atoms with Crippen LogP contribution in [0.15, 0.2) is 29.2 Å². The first kappa shape index (κ1) is 29.1. The van der Waals surface area contributed by atoms with Gasteiger partial charge in [0.25, 0.3) is 10.0 Å². The minimum Gasteiger partial charge on any atom is -0.274 e. The number of hydrogen-bond donors (Lipinski definition) is 1. The van der Waals surface area contributed by atoms with Crippen molar-refractivity contribution >= 4 is 15.9 Å². The first-order valence-corrected chi connectivity index (χ1v) is 17.7. The molecule has 0 saturated heterocycles. The van der Waals surface area contributed by atoms with Crippen molar-refractivity contribution < 1.29 is 13.2 Å². The van der Waals surface area contributed by atoms with Crippen LogP contribution in [0.5, 0.6) is 0 Å². The summed E-state index contributed by atoms with van der Waals surface area (Å²) in [5.74, 6) is 5.12. The molecule has 0 radical (unpaired) electrons. The predicted molar refractivity (Wildman–Crippen MR) is 159 cm³/mol. The maximum Gasteiger partial charge on any atom is 0.264 e. The maximum atomic E-state index is 12.9. The second-order valence-corrected chi connectivity index (χ2v) is 16.0. The van der Waals surface area contributed by atoms with Gasteiger partial charge in [-0.1, -0.05) is 72.1 Å². The Morgan fingerprint density at radius 3 is 2.46 bits per heavy atom. The average Bonchev–Trinajstić information content (AvgIpc) is 3.28. The summed E-state index contributed by atoms with van der Waals surface area (Å²) >= 11 is 0. The highest BCUT2D eigenvalue weighted by Gasteiger charge is 2.61. The lowest BCUT2D eigenvalue weighted by atomic mass is 9.42. The molecule has 218 valence electrons. The van der Waals surface area contributed by atoms with Crippen LogP contribution in [-0.2, 0) is 21.2 Å². The third-order valence-electron chi connectivity index (χ3n) is 12.8. The summed E-state index contributed by atoms with van der Waals surface area (Å²) in [6.07, 6.45) is 15.5. The fourth-order valence-electron chi connectivity index (χ4n) is 10.9. The van der Waals surface area contributed by atoms with Gasteiger partial charge in [-0.25, -0.2) is 13.1 Å². The second-order valence-electron chi connectivity index (χ2n) is 14.4. The molecule has 0 bridgehead atoms. The van der Waals surface area contributed by atoms with Crippen molar-refractivity contribution in [1.29, 1.82) is 0 Å². The molecule has 0 heterocycles. The highest BCUT2D eigenvalue weighted by Crippen LogP contribution is 2.69. The van der Waals surface area contributed by atoms with E-state index in [1.54, 1.807) is 12.1 Å². The molecule has 9 atom stereocenters. The molecular formula is C34H53NO3S. The predicted octanol–water partition coefficient (Wildman–Crippen LogP) is 8.16. The number of amides is 1. The first-order chi connectivity index (χ1) is 18.5. The van der Waals surface area contributed by atoms with Crippen LogP contribution in [0.1, 0.15) is 117 Å². The van der Waals surface area contributed by atoms with E-state index in [0.29, 0.717) is 29.1 Å². The molecule has 1 amide bonds. The monoisotopic (exact) mass is 555 g/mol. The molecule has 0 aliphatic heterocycles. The van der Waals surface area contributed by atoms with E-state index in [9.17, 15) is 13.2 Å². The fourth-order valence-corrected chi connectivity index (χ4v) is 12.2. The van der Waals surface area contributed by atoms with E-state index in [-0.39, 0.29) is 17.2 Å². The van der Waals surface area contributed by atoms with Crippen molar-refractivity contribution in [2.24, 2.45) is 52.3 Å². The van der Waals surface area contributed by atoms with E-state index in [1.165, 1.54) is 64.2 Å². The summed E-state index contributed by atoms with van der Waals surface area (Å²) in [7, 11) is -3.84. The summed E-state index contributed by atoms with van der Waals surface area (Å²) < 4.78 is 28.3. The van der Waals surface area contributed by atoms with Crippen LogP contribution in [0.3, 0.4) is 0 Å². The summed E-state index contributed by atoms with van der Waals surface area (Å²) in [5, 5.41) is 0. The number of carbonyl (C=O) groups excluding carboxylic acids is 1. The highest BCUT2D eigenvalue weighted by molar-refractivity contribution is 7.90. The molecule has 5 rings (SSSR count). The molecule has 0 aromatic heterocycles. The van der Waals surface area contributed by atoms with E-state index in [4.69, 9.17) is 0 Å². The molecule has 4 saturated carbocycles. The largest absolute Gasteiger partial charge is 0.274 e. The number of carbonyl (C=O) groups is 1. The molecule has 4 fully saturated rings. The van der Waals surface area contributed by atoms with Gasteiger partial charge in [-0.3, -0.25) is 4.79 Å². The van der Waals surface area contributed by atoms with Gasteiger partial charge in [0.05, 0.1) is 4.90 Å². The van der Waals surface area contributed by atoms with Gasteiger partial charge in [-0.2, -0.15) is 0 Å². The van der Waals surface area contributed by atoms with Gasteiger partial charge in [0.1, 0.15) is 0 Å². The summed E-state index contributed by atoms with van der Waals surface area (Å²) in [6.45, 7) is 12.0. The Balaban J connectivity index is 1.24. The third-order valence-corrected chi connectivity index (χ3v) is 14.2. The third kappa shape index (κ3) is 5.12. The van der Waals surface area contributed by atoms with Crippen LogP contribution in [0.25, 0.3) is 0 Å². The number of sulfonamides is 1. The topological polar surface area (TPSA) is 63.2 Å². The standard InChI is InChI=1S/C34H53NO3S/c1-6-24-12-8-9-14-31(24)39(37,38)35-32(36)18-15-23(3)27-16-17-29-26-22-25(7-2)28-13-10-11-20-33(28,4)30(26)19-21-34(27,29)5/h8-9,12,14,23,25-30H,6-7,10-11,13,15-22H2,1-5H3,(H,35,36)/t23-,25+,26?,27-,28+,29?,30?,33+,34-/m1/s1. The Morgan fingerprint density at radius 2 is 1.72 bits per heavy atom. The molecule has 5 heteroatoms. The Bertz CT molecular complexity index is 1150. The summed E-state index contributed by atoms with van der Waals surface area (Å²) in [4.78, 5) is 13.1. The number of fused-ring (bicyclic) bond motifs is 5. The van der Waals surface area contributed by atoms with Crippen LogP contribution < -0.4 is 4.72 Å². The number of hydrogen-bond acceptors (Lipinski definition) is 3. The molecule has 3 unspecified atom stereocenters. The van der Waals surface area contributed by atoms with Crippen molar-refractivity contribution in [3.05, 3.63) is 29.8 Å². The summed E-state index contributed by atoms with van der Waals surface area (Å²) in [5.41, 5.74) is 1.65. The molecular weight excluding hydrogens is 502 g/mol. The Labute approximate surface area is 238 Å². The van der Waals surface area contributed by atoms with Crippen molar-refractivity contribution in [3.63, 3.8) is 0 Å². The number of nitrogens with one attached hydrogen (secondary N) is 1. The Hall–Kier alpha value is -1.36. The molecule has 4 aliphatic rings. The maximum absolute atomic E-state index is 12.9. The highest BCUT2D eigenvalue weighted by atomic mass is 32.2. The number of benzene rings is 1. The van der Waals surface area contributed by atoms with E-state index >= 15 is 0 Å². The summed E-state index contributed by atoms with van der Waals surface area (Å²) in [6, 6.07) is 6.97. The molecule has 4 aliphatic carbocycles. The lowest BCUT2D eigenvalue weighted by Gasteiger charge is -2.63. The van der Waals surface area contributed by atoms with Crippen LogP contribution in [0, 0.1) is 52.3 Å². The van der Waals surface area contributed by atoms with E-state index in [1.807, 2.05) is 19.1 Å². The van der Waals surface area contributed by atoms with E-state index in [0.717, 1.165) is 41.6 Å². The van der Waals surface area contributed by atoms with Crippen molar-refractivity contribution in [3.8, 4) is 0 Å². The zero-order valence-corrected chi connectivity index (χ0v) is 26.0. The first-order valence-electron chi connectivity index (χ1n) is 16.2. The average molecular weight is 556 g/mol. The van der Waals surface area contributed by atoms with Gasteiger partial charge in [-0.15, -0.1) is 0 Å². The molecule has 39 heavy (non-hydrogen) atoms. The second kappa shape index (κ2) is 11.1. The van der Waals surface area contributed by atoms with Crippen molar-refractivity contribution in [2.45, 2.75) is 123 Å². The van der Waals surface area contributed by atoms with Gasteiger partial charge < -0.3 is 0 Å². The lowest BCUT2D eigenvalue weighted by Crippen LogP contribution is -2.55. The van der Waals surface area contributed by atoms with Crippen LogP contribution in [0.4, 0.5) is 0 Å². The normalized spacial score (nSPS) is 38.8. The minimum atomic E-state index is -3.84. The smallest absolute Gasteiger partial charge is 0.264 e. The van der Waals surface area contributed by atoms with Crippen molar-refractivity contribution in [1.82, 2.24) is 4.72 Å². The quantitative estimate of drug-likeness (QED) is 0.352. The molecule has 0 spiro atoms. The molecule has 1 aromatic carbocycles. The fraction of sp³-hybridized carbons (Fsp3) is 0.794. The Morgan fingerprint density at radius 1 is 0.974 bits per heavy atom.